The van der Waals surface area contributed by atoms with Crippen LogP contribution in [0.5, 0.6) is 0 Å². The van der Waals surface area contributed by atoms with E-state index in [2.05, 4.69) is 4.98 Å². The predicted molar refractivity (Wildman–Crippen MR) is 111 cm³/mol. The van der Waals surface area contributed by atoms with Gasteiger partial charge in [-0.3, -0.25) is 9.69 Å². The molecule has 1 aliphatic heterocycles. The van der Waals surface area contributed by atoms with Gasteiger partial charge in [-0.25, -0.2) is 17.8 Å². The number of benzene rings is 2. The lowest BCUT2D eigenvalue weighted by Gasteiger charge is -2.32. The van der Waals surface area contributed by atoms with E-state index < -0.39 is 15.8 Å². The Morgan fingerprint density at radius 2 is 1.79 bits per heavy atom. The van der Waals surface area contributed by atoms with Crippen molar-refractivity contribution in [2.24, 2.45) is 5.92 Å². The van der Waals surface area contributed by atoms with Gasteiger partial charge in [-0.2, -0.15) is 4.31 Å². The van der Waals surface area contributed by atoms with Gasteiger partial charge in [0.15, 0.2) is 5.13 Å². The van der Waals surface area contributed by atoms with Gasteiger partial charge in [-0.05, 0) is 49.2 Å². The van der Waals surface area contributed by atoms with Gasteiger partial charge >= 0.3 is 0 Å². The van der Waals surface area contributed by atoms with E-state index in [1.165, 1.54) is 27.8 Å². The van der Waals surface area contributed by atoms with Crippen molar-refractivity contribution in [1.82, 2.24) is 9.29 Å². The SMILES string of the molecule is CN(C(=O)C1CCN(S(=O)(=O)c2ccc(F)cc2)CC1)c1nc2ccccc2s1. The number of anilines is 1. The highest BCUT2D eigenvalue weighted by Crippen LogP contribution is 2.31. The summed E-state index contributed by atoms with van der Waals surface area (Å²) in [5.41, 5.74) is 0.854. The average Bonchev–Trinajstić information content (AvgIpc) is 3.17. The highest BCUT2D eigenvalue weighted by atomic mass is 32.2. The first kappa shape index (κ1) is 19.9. The maximum atomic E-state index is 13.1. The third-order valence-electron chi connectivity index (χ3n) is 5.15. The average molecular weight is 434 g/mol. The second-order valence-corrected chi connectivity index (χ2v) is 9.94. The summed E-state index contributed by atoms with van der Waals surface area (Å²) >= 11 is 1.46. The third-order valence-corrected chi connectivity index (χ3v) is 8.18. The van der Waals surface area contributed by atoms with E-state index in [0.717, 1.165) is 22.3 Å². The lowest BCUT2D eigenvalue weighted by atomic mass is 9.97. The molecule has 3 aromatic rings. The molecule has 152 valence electrons. The minimum absolute atomic E-state index is 0.0529. The molecular weight excluding hydrogens is 413 g/mol. The number of rotatable bonds is 4. The molecule has 4 rings (SSSR count). The Morgan fingerprint density at radius 3 is 2.45 bits per heavy atom. The third kappa shape index (κ3) is 3.90. The number of carbonyl (C=O) groups is 1. The largest absolute Gasteiger partial charge is 0.291 e. The number of fused-ring (bicyclic) bond motifs is 1. The summed E-state index contributed by atoms with van der Waals surface area (Å²) < 4.78 is 40.9. The van der Waals surface area contributed by atoms with Crippen LogP contribution >= 0.6 is 11.3 Å². The molecule has 2 aromatic carbocycles. The predicted octanol–water partition coefficient (Wildman–Crippen LogP) is 3.50. The van der Waals surface area contributed by atoms with Gasteiger partial charge in [0, 0.05) is 26.1 Å². The number of amides is 1. The van der Waals surface area contributed by atoms with Crippen LogP contribution in [-0.2, 0) is 14.8 Å². The van der Waals surface area contributed by atoms with Crippen molar-refractivity contribution >= 4 is 42.6 Å². The first-order valence-corrected chi connectivity index (χ1v) is 11.5. The van der Waals surface area contributed by atoms with Crippen molar-refractivity contribution in [2.75, 3.05) is 25.0 Å². The van der Waals surface area contributed by atoms with Crippen LogP contribution in [0.3, 0.4) is 0 Å². The molecule has 0 aliphatic carbocycles. The molecule has 0 spiro atoms. The number of halogens is 1. The Kier molecular flexibility index (Phi) is 5.37. The number of sulfonamides is 1. The number of hydrogen-bond donors (Lipinski definition) is 0. The Morgan fingerprint density at radius 1 is 1.14 bits per heavy atom. The monoisotopic (exact) mass is 433 g/mol. The zero-order chi connectivity index (χ0) is 20.6. The van der Waals surface area contributed by atoms with Crippen LogP contribution in [0.25, 0.3) is 10.2 Å². The highest BCUT2D eigenvalue weighted by Gasteiger charge is 2.34. The van der Waals surface area contributed by atoms with Gasteiger partial charge < -0.3 is 0 Å². The summed E-state index contributed by atoms with van der Waals surface area (Å²) in [6.45, 7) is 0.508. The van der Waals surface area contributed by atoms with Crippen molar-refractivity contribution < 1.29 is 17.6 Å². The molecular formula is C20H20FN3O3S2. The number of para-hydroxylation sites is 1. The van der Waals surface area contributed by atoms with Crippen LogP contribution < -0.4 is 4.90 Å². The molecule has 1 saturated heterocycles. The Balaban J connectivity index is 1.43. The number of nitrogens with zero attached hydrogens (tertiary/aromatic N) is 3. The van der Waals surface area contributed by atoms with E-state index in [1.807, 2.05) is 24.3 Å². The van der Waals surface area contributed by atoms with Gasteiger partial charge in [0.05, 0.1) is 15.1 Å². The first-order valence-electron chi connectivity index (χ1n) is 9.25. The molecule has 0 radical (unpaired) electrons. The molecule has 0 atom stereocenters. The minimum atomic E-state index is -3.69. The zero-order valence-corrected chi connectivity index (χ0v) is 17.4. The molecule has 0 unspecified atom stereocenters. The lowest BCUT2D eigenvalue weighted by molar-refractivity contribution is -0.123. The Hall–Kier alpha value is -2.36. The molecule has 29 heavy (non-hydrogen) atoms. The van der Waals surface area contributed by atoms with Crippen LogP contribution in [0.2, 0.25) is 0 Å². The van der Waals surface area contributed by atoms with E-state index in [1.54, 1.807) is 11.9 Å². The van der Waals surface area contributed by atoms with Gasteiger partial charge in [-0.1, -0.05) is 23.5 Å². The fourth-order valence-corrected chi connectivity index (χ4v) is 5.87. The summed E-state index contributed by atoms with van der Waals surface area (Å²) in [5.74, 6) is -0.791. The van der Waals surface area contributed by atoms with E-state index in [0.29, 0.717) is 18.0 Å². The van der Waals surface area contributed by atoms with Gasteiger partial charge in [-0.15, -0.1) is 0 Å². The van der Waals surface area contributed by atoms with Crippen LogP contribution in [0.1, 0.15) is 12.8 Å². The summed E-state index contributed by atoms with van der Waals surface area (Å²) in [5, 5.41) is 0.637. The smallest absolute Gasteiger partial charge is 0.243 e. The zero-order valence-electron chi connectivity index (χ0n) is 15.8. The second-order valence-electron chi connectivity index (χ2n) is 6.99. The number of piperidine rings is 1. The minimum Gasteiger partial charge on any atom is -0.291 e. The number of hydrogen-bond acceptors (Lipinski definition) is 5. The molecule has 0 N–H and O–H groups in total. The Bertz CT molecular complexity index is 1100. The van der Waals surface area contributed by atoms with Crippen LogP contribution in [0, 0.1) is 11.7 Å². The number of thiazole rings is 1. The summed E-state index contributed by atoms with van der Waals surface area (Å²) in [6.07, 6.45) is 0.878. The van der Waals surface area contributed by atoms with E-state index in [9.17, 15) is 17.6 Å². The molecule has 1 amide bonds. The maximum Gasteiger partial charge on any atom is 0.243 e. The fourth-order valence-electron chi connectivity index (χ4n) is 3.47. The van der Waals surface area contributed by atoms with Crippen LogP contribution in [0.15, 0.2) is 53.4 Å². The quantitative estimate of drug-likeness (QED) is 0.631. The number of carbonyl (C=O) groups excluding carboxylic acids is 1. The molecule has 2 heterocycles. The molecule has 1 aliphatic rings. The summed E-state index contributed by atoms with van der Waals surface area (Å²) in [6, 6.07) is 12.5. The molecule has 0 saturated carbocycles. The number of aromatic nitrogens is 1. The summed E-state index contributed by atoms with van der Waals surface area (Å²) in [4.78, 5) is 19.1. The van der Waals surface area contributed by atoms with Crippen molar-refractivity contribution in [3.05, 3.63) is 54.3 Å². The normalized spacial score (nSPS) is 16.2. The van der Waals surface area contributed by atoms with E-state index >= 15 is 0 Å². The molecule has 1 aromatic heterocycles. The fraction of sp³-hybridized carbons (Fsp3) is 0.300. The molecule has 0 bridgehead atoms. The van der Waals surface area contributed by atoms with Crippen molar-refractivity contribution in [2.45, 2.75) is 17.7 Å². The molecule has 6 nitrogen and oxygen atoms in total. The highest BCUT2D eigenvalue weighted by molar-refractivity contribution is 7.89. The molecule has 9 heteroatoms. The van der Waals surface area contributed by atoms with Gasteiger partial charge in [0.25, 0.3) is 0 Å². The van der Waals surface area contributed by atoms with E-state index in [-0.39, 0.29) is 29.8 Å². The molecule has 1 fully saturated rings. The van der Waals surface area contributed by atoms with Gasteiger partial charge in [0.1, 0.15) is 5.82 Å². The summed E-state index contributed by atoms with van der Waals surface area (Å²) in [7, 11) is -1.98. The first-order chi connectivity index (χ1) is 13.9. The van der Waals surface area contributed by atoms with Crippen molar-refractivity contribution in [3.8, 4) is 0 Å². The van der Waals surface area contributed by atoms with Crippen LogP contribution in [0.4, 0.5) is 9.52 Å². The maximum absolute atomic E-state index is 13.1. The van der Waals surface area contributed by atoms with E-state index in [4.69, 9.17) is 0 Å². The lowest BCUT2D eigenvalue weighted by Crippen LogP contribution is -2.43. The Labute approximate surface area is 172 Å². The van der Waals surface area contributed by atoms with Crippen molar-refractivity contribution in [1.29, 1.82) is 0 Å². The van der Waals surface area contributed by atoms with Crippen LogP contribution in [-0.4, -0.2) is 43.8 Å². The van der Waals surface area contributed by atoms with Gasteiger partial charge in [0.2, 0.25) is 15.9 Å². The topological polar surface area (TPSA) is 70.6 Å². The van der Waals surface area contributed by atoms with Crippen molar-refractivity contribution in [3.63, 3.8) is 0 Å². The standard InChI is InChI=1S/C20H20FN3O3S2/c1-23(20-22-17-4-2-3-5-18(17)28-20)19(25)14-10-12-24(13-11-14)29(26,27)16-8-6-15(21)7-9-16/h2-9,14H,10-13H2,1H3. The second kappa shape index (κ2) is 7.81.